The number of nitrogens with one attached hydrogen (secondary N) is 1. The van der Waals surface area contributed by atoms with Crippen molar-refractivity contribution in [1.82, 2.24) is 29.5 Å². The highest BCUT2D eigenvalue weighted by atomic mass is 19.3. The molecule has 5 rings (SSSR count). The van der Waals surface area contributed by atoms with E-state index in [0.29, 0.717) is 24.5 Å². The molecule has 1 aliphatic heterocycles. The molecule has 196 valence electrons. The molecular weight excluding hydrogens is 476 g/mol. The number of nitrogens with two attached hydrogens (primary N) is 1. The van der Waals surface area contributed by atoms with E-state index < -0.39 is 13.0 Å². The van der Waals surface area contributed by atoms with Crippen molar-refractivity contribution in [2.45, 2.75) is 64.6 Å². The summed E-state index contributed by atoms with van der Waals surface area (Å²) in [5.41, 5.74) is 10.2. The molecule has 3 N–H and O–H groups in total. The van der Waals surface area contributed by atoms with Gasteiger partial charge in [-0.25, -0.2) is 23.4 Å². The third-order valence-corrected chi connectivity index (χ3v) is 6.64. The average molecular weight is 510 g/mol. The maximum Gasteiger partial charge on any atom is 0.257 e. The molecule has 11 heteroatoms. The van der Waals surface area contributed by atoms with Crippen LogP contribution in [0.15, 0.2) is 43.0 Å². The zero-order valence-corrected chi connectivity index (χ0v) is 21.2. The molecule has 1 fully saturated rings. The quantitative estimate of drug-likeness (QED) is 0.346. The second-order valence-corrected chi connectivity index (χ2v) is 9.93. The molecule has 0 aliphatic carbocycles. The molecule has 0 radical (unpaired) electrons. The Morgan fingerprint density at radius 2 is 1.97 bits per heavy atom. The van der Waals surface area contributed by atoms with Gasteiger partial charge >= 0.3 is 0 Å². The van der Waals surface area contributed by atoms with Gasteiger partial charge in [0.25, 0.3) is 6.43 Å². The van der Waals surface area contributed by atoms with Crippen molar-refractivity contribution < 1.29 is 8.78 Å². The molecule has 5 heterocycles. The molecule has 0 aromatic carbocycles. The topological polar surface area (TPSA) is 103 Å². The van der Waals surface area contributed by atoms with Gasteiger partial charge in [0.1, 0.15) is 18.2 Å². The zero-order valence-electron chi connectivity index (χ0n) is 21.2. The van der Waals surface area contributed by atoms with Gasteiger partial charge in [-0.05, 0) is 62.8 Å². The van der Waals surface area contributed by atoms with Crippen molar-refractivity contribution in [3.63, 3.8) is 0 Å². The Kier molecular flexibility index (Phi) is 7.31. The number of fused-ring (bicyclic) bond motifs is 1. The lowest BCUT2D eigenvalue weighted by Gasteiger charge is -2.34. The van der Waals surface area contributed by atoms with E-state index >= 15 is 0 Å². The van der Waals surface area contributed by atoms with Gasteiger partial charge in [0.2, 0.25) is 0 Å². The first-order valence-electron chi connectivity index (χ1n) is 12.8. The molecule has 0 amide bonds. The summed E-state index contributed by atoms with van der Waals surface area (Å²) in [6, 6.07) is 6.31. The van der Waals surface area contributed by atoms with Crippen LogP contribution < -0.4 is 16.0 Å². The fourth-order valence-corrected chi connectivity index (χ4v) is 4.81. The fraction of sp³-hybridized carbons (Fsp3) is 0.462. The minimum absolute atomic E-state index is 0.124. The van der Waals surface area contributed by atoms with Gasteiger partial charge in [0.05, 0.1) is 12.4 Å². The summed E-state index contributed by atoms with van der Waals surface area (Å²) in [7, 11) is 0. The van der Waals surface area contributed by atoms with E-state index in [1.165, 1.54) is 4.68 Å². The van der Waals surface area contributed by atoms with Gasteiger partial charge in [-0.3, -0.25) is 4.68 Å². The monoisotopic (exact) mass is 509 g/mol. The number of aromatic nitrogens is 6. The minimum atomic E-state index is -2.42. The average Bonchev–Trinajstić information content (AvgIpc) is 3.49. The molecule has 1 aliphatic rings. The number of hydrogen-bond donors (Lipinski definition) is 2. The zero-order chi connectivity index (χ0) is 25.9. The minimum Gasteiger partial charge on any atom is -0.370 e. The van der Waals surface area contributed by atoms with Crippen LogP contribution in [0.1, 0.15) is 43.9 Å². The Hall–Kier alpha value is -3.60. The van der Waals surface area contributed by atoms with Crippen LogP contribution in [0.25, 0.3) is 11.0 Å². The number of pyridine rings is 2. The standard InChI is InChI=1S/C26H33F2N9/c1-17(2)37-26-20(13-32-37)7-8-24(34-26)33-25-10-22(35-9-3-4-21(29)15-35)19(12-30-25)6-5-18-11-31-36(14-18)16-23(27)28/h7-8,10-14,17,21,23H,3-6,9,15-16,29H2,1-2H3,(H,30,33,34)/t21-/m0/s1. The maximum atomic E-state index is 12.7. The Morgan fingerprint density at radius 3 is 2.76 bits per heavy atom. The molecular formula is C26H33F2N9. The van der Waals surface area contributed by atoms with E-state index in [0.717, 1.165) is 53.8 Å². The van der Waals surface area contributed by atoms with Gasteiger partial charge < -0.3 is 16.0 Å². The number of nitrogens with zero attached hydrogens (tertiary/aromatic N) is 7. The number of rotatable bonds is 9. The summed E-state index contributed by atoms with van der Waals surface area (Å²) >= 11 is 0. The van der Waals surface area contributed by atoms with Crippen LogP contribution in [0.2, 0.25) is 0 Å². The van der Waals surface area contributed by atoms with E-state index in [-0.39, 0.29) is 12.1 Å². The van der Waals surface area contributed by atoms with Crippen LogP contribution in [0.3, 0.4) is 0 Å². The predicted octanol–water partition coefficient (Wildman–Crippen LogP) is 4.33. The number of alkyl halides is 2. The SMILES string of the molecule is CC(C)n1ncc2ccc(Nc3cc(N4CCC[C@H](N)C4)c(CCc4cnn(CC(F)F)c4)cn3)nc21. The number of anilines is 3. The van der Waals surface area contributed by atoms with Crippen LogP contribution in [0, 0.1) is 0 Å². The molecule has 9 nitrogen and oxygen atoms in total. The lowest BCUT2D eigenvalue weighted by molar-refractivity contribution is 0.122. The summed E-state index contributed by atoms with van der Waals surface area (Å²) in [5.74, 6) is 1.40. The lowest BCUT2D eigenvalue weighted by Crippen LogP contribution is -2.43. The summed E-state index contributed by atoms with van der Waals surface area (Å²) in [6.45, 7) is 5.47. The second-order valence-electron chi connectivity index (χ2n) is 9.93. The summed E-state index contributed by atoms with van der Waals surface area (Å²) in [5, 5.41) is 12.9. The van der Waals surface area contributed by atoms with Crippen LogP contribution in [0.4, 0.5) is 26.1 Å². The molecule has 0 spiro atoms. The first-order valence-corrected chi connectivity index (χ1v) is 12.8. The Morgan fingerprint density at radius 1 is 1.11 bits per heavy atom. The smallest absolute Gasteiger partial charge is 0.257 e. The molecule has 37 heavy (non-hydrogen) atoms. The second kappa shape index (κ2) is 10.8. The molecule has 0 saturated carbocycles. The third kappa shape index (κ3) is 5.87. The molecule has 4 aromatic rings. The molecule has 1 atom stereocenters. The van der Waals surface area contributed by atoms with Gasteiger partial charge in [0.15, 0.2) is 5.65 Å². The molecule has 0 bridgehead atoms. The van der Waals surface area contributed by atoms with Crippen LogP contribution in [0.5, 0.6) is 0 Å². The van der Waals surface area contributed by atoms with Gasteiger partial charge in [-0.2, -0.15) is 10.2 Å². The largest absolute Gasteiger partial charge is 0.370 e. The fourth-order valence-electron chi connectivity index (χ4n) is 4.81. The van der Waals surface area contributed by atoms with Crippen LogP contribution in [-0.4, -0.2) is 55.1 Å². The highest BCUT2D eigenvalue weighted by molar-refractivity contribution is 5.77. The Labute approximate surface area is 214 Å². The highest BCUT2D eigenvalue weighted by Gasteiger charge is 2.21. The normalized spacial score (nSPS) is 16.3. The van der Waals surface area contributed by atoms with Crippen LogP contribution in [-0.2, 0) is 19.4 Å². The Balaban J connectivity index is 1.38. The first kappa shape index (κ1) is 25.1. The molecule has 1 saturated heterocycles. The van der Waals surface area contributed by atoms with E-state index in [9.17, 15) is 8.78 Å². The van der Waals surface area contributed by atoms with Gasteiger partial charge in [0, 0.05) is 54.7 Å². The van der Waals surface area contributed by atoms with Crippen molar-refractivity contribution in [3.05, 3.63) is 54.1 Å². The van der Waals surface area contributed by atoms with E-state index in [4.69, 9.17) is 10.7 Å². The predicted molar refractivity (Wildman–Crippen MR) is 140 cm³/mol. The summed E-state index contributed by atoms with van der Waals surface area (Å²) in [6.07, 6.45) is 8.08. The number of aryl methyl sites for hydroxylation is 2. The first-order chi connectivity index (χ1) is 17.9. The highest BCUT2D eigenvalue weighted by Crippen LogP contribution is 2.29. The van der Waals surface area contributed by atoms with E-state index in [2.05, 4.69) is 45.3 Å². The van der Waals surface area contributed by atoms with Crippen molar-refractivity contribution in [1.29, 1.82) is 0 Å². The maximum absolute atomic E-state index is 12.7. The number of hydrogen-bond acceptors (Lipinski definition) is 7. The number of piperidine rings is 1. The van der Waals surface area contributed by atoms with Crippen LogP contribution >= 0.6 is 0 Å². The van der Waals surface area contributed by atoms with Crippen molar-refractivity contribution in [2.24, 2.45) is 5.73 Å². The van der Waals surface area contributed by atoms with Crippen molar-refractivity contribution in [3.8, 4) is 0 Å². The van der Waals surface area contributed by atoms with Gasteiger partial charge in [-0.1, -0.05) is 0 Å². The lowest BCUT2D eigenvalue weighted by atomic mass is 10.0. The summed E-state index contributed by atoms with van der Waals surface area (Å²) in [4.78, 5) is 11.8. The third-order valence-electron chi connectivity index (χ3n) is 6.64. The molecule has 0 unspecified atom stereocenters. The van der Waals surface area contributed by atoms with Crippen molar-refractivity contribution in [2.75, 3.05) is 23.3 Å². The number of halogens is 2. The van der Waals surface area contributed by atoms with E-state index in [1.807, 2.05) is 29.2 Å². The van der Waals surface area contributed by atoms with Gasteiger partial charge in [-0.15, -0.1) is 0 Å². The Bertz CT molecular complexity index is 1350. The molecule has 4 aromatic heterocycles. The van der Waals surface area contributed by atoms with Crippen molar-refractivity contribution >= 4 is 28.4 Å². The van der Waals surface area contributed by atoms with E-state index in [1.54, 1.807) is 12.4 Å². The summed E-state index contributed by atoms with van der Waals surface area (Å²) < 4.78 is 28.6.